The third-order valence-corrected chi connectivity index (χ3v) is 3.01. The summed E-state index contributed by atoms with van der Waals surface area (Å²) < 4.78 is 0. The predicted octanol–water partition coefficient (Wildman–Crippen LogP) is -2.69. The number of hydrogen-bond donors (Lipinski definition) is 5. The van der Waals surface area contributed by atoms with Crippen molar-refractivity contribution >= 4 is 12.6 Å². The monoisotopic (exact) mass is 406 g/mol. The van der Waals surface area contributed by atoms with Gasteiger partial charge in [0.1, 0.15) is 6.10 Å². The van der Waals surface area contributed by atoms with Gasteiger partial charge in [0.15, 0.2) is 5.79 Å². The molecule has 0 aliphatic heterocycles. The van der Waals surface area contributed by atoms with Crippen molar-refractivity contribution in [2.45, 2.75) is 29.7 Å². The molecule has 88 valence electrons. The van der Waals surface area contributed by atoms with Crippen LogP contribution >= 0.6 is 0 Å². The molecule has 5 nitrogen and oxygen atoms in total. The van der Waals surface area contributed by atoms with Crippen LogP contribution in [0.15, 0.2) is 0 Å². The van der Waals surface area contributed by atoms with E-state index < -0.39 is 29.2 Å². The summed E-state index contributed by atoms with van der Waals surface area (Å²) in [4.78, 5) is 0. The third-order valence-electron chi connectivity index (χ3n) is 2.47. The Labute approximate surface area is 103 Å². The first-order valence-corrected chi connectivity index (χ1v) is 4.46. The van der Waals surface area contributed by atoms with Crippen LogP contribution in [0.1, 0.15) is 6.42 Å². The smallest absolute Gasteiger partial charge is 0.784 e. The Morgan fingerprint density at radius 2 is 1.79 bits per heavy atom. The van der Waals surface area contributed by atoms with E-state index >= 15 is 0 Å². The van der Waals surface area contributed by atoms with Gasteiger partial charge in [0.2, 0.25) is 0 Å². The van der Waals surface area contributed by atoms with Crippen molar-refractivity contribution in [3.63, 3.8) is 0 Å². The Bertz CT molecular complexity index is 191. The number of aliphatic hydroxyl groups excluding tert-OH is 3. The average molecular weight is 406 g/mol. The van der Waals surface area contributed by atoms with Gasteiger partial charge in [0, 0.05) is 12.5 Å². The van der Waals surface area contributed by atoms with E-state index in [1.165, 1.54) is 0 Å². The van der Waals surface area contributed by atoms with Crippen LogP contribution in [0.2, 0.25) is 0 Å². The van der Waals surface area contributed by atoms with Crippen LogP contribution in [0.25, 0.3) is 0 Å². The number of hydrogen-bond acceptors (Lipinski definition) is 6. The predicted molar refractivity (Wildman–Crippen MR) is 45.5 cm³/mol. The zero-order valence-electron chi connectivity index (χ0n) is 7.17. The maximum Gasteiger partial charge on any atom is 1.00 e. The van der Waals surface area contributed by atoms with E-state index in [4.69, 9.17) is 17.7 Å². The summed E-state index contributed by atoms with van der Waals surface area (Å²) in [6, 6.07) is 0. The van der Waals surface area contributed by atoms with Gasteiger partial charge >= 0.3 is 22.4 Å². The molecule has 5 N–H and O–H groups in total. The van der Waals surface area contributed by atoms with E-state index in [0.29, 0.717) is 0 Å². The van der Waals surface area contributed by atoms with Crippen molar-refractivity contribution in [1.82, 2.24) is 0 Å². The second kappa shape index (κ2) is 5.29. The molecule has 1 unspecified atom stereocenters. The normalized spacial score (nSPS) is 41.6. The molecule has 7 heteroatoms. The Hall–Kier alpha value is 0.890. The van der Waals surface area contributed by atoms with E-state index in [0.717, 1.165) is 0 Å². The molecule has 0 spiro atoms. The van der Waals surface area contributed by atoms with Crippen molar-refractivity contribution in [2.75, 3.05) is 6.61 Å². The molecule has 0 radical (unpaired) electrons. The fraction of sp³-hybridized carbons (Fsp3) is 1.00. The summed E-state index contributed by atoms with van der Waals surface area (Å²) in [7, 11) is 0. The first kappa shape index (κ1) is 14.9. The van der Waals surface area contributed by atoms with Gasteiger partial charge in [-0.05, 0) is 0 Å². The molecule has 1 fully saturated rings. The molecular weight excluding hydrogens is 393 g/mol. The molecule has 1 saturated carbocycles. The van der Waals surface area contributed by atoms with Crippen molar-refractivity contribution < 1.29 is 47.9 Å². The van der Waals surface area contributed by atoms with Crippen LogP contribution in [0, 0.1) is 5.92 Å². The van der Waals surface area contributed by atoms with Crippen molar-refractivity contribution in [1.29, 1.82) is 0 Å². The van der Waals surface area contributed by atoms with Crippen molar-refractivity contribution in [2.24, 2.45) is 5.92 Å². The quantitative estimate of drug-likeness (QED) is 0.185. The second-order valence-corrected chi connectivity index (χ2v) is 3.95. The van der Waals surface area contributed by atoms with Gasteiger partial charge in [0.25, 0.3) is 0 Å². The summed E-state index contributed by atoms with van der Waals surface area (Å²) in [5.74, 6) is -3.04. The van der Waals surface area contributed by atoms with E-state index in [-0.39, 0.29) is 35.4 Å². The molecule has 1 aliphatic carbocycles. The van der Waals surface area contributed by atoms with Gasteiger partial charge in [0.05, 0.1) is 6.10 Å². The van der Waals surface area contributed by atoms with E-state index in [9.17, 15) is 20.4 Å². The zero-order chi connectivity index (χ0) is 10.2. The Kier molecular flexibility index (Phi) is 5.62. The van der Waals surface area contributed by atoms with Gasteiger partial charge in [-0.15, -0.1) is 5.25 Å². The standard InChI is InChI=1S/C7H14O5S.Au/c8-2-3-1-4(13)7(11,12)6(10)5(3)9;/h3-6,8-13H,1-2H2;/q;+1/p-1/t3?,4-,5-,6+;/m1./s1. The summed E-state index contributed by atoms with van der Waals surface area (Å²) in [6.07, 6.45) is -2.98. The average Bonchev–Trinajstić information content (AvgIpc) is 2.09. The van der Waals surface area contributed by atoms with Crippen LogP contribution in [0.5, 0.6) is 0 Å². The minimum absolute atomic E-state index is 0. The Balaban J connectivity index is 0.00000169. The molecule has 0 bridgehead atoms. The van der Waals surface area contributed by atoms with Crippen LogP contribution in [-0.2, 0) is 35.0 Å². The molecule has 14 heavy (non-hydrogen) atoms. The van der Waals surface area contributed by atoms with Gasteiger partial charge in [-0.25, -0.2) is 0 Å². The summed E-state index contributed by atoms with van der Waals surface area (Å²) in [6.45, 7) is -0.332. The Morgan fingerprint density at radius 3 is 2.21 bits per heavy atom. The summed E-state index contributed by atoms with van der Waals surface area (Å²) in [5.41, 5.74) is 0. The molecular formula is C7H13AuO5S. The van der Waals surface area contributed by atoms with E-state index in [1.807, 2.05) is 0 Å². The molecule has 4 atom stereocenters. The van der Waals surface area contributed by atoms with Gasteiger partial charge in [-0.3, -0.25) is 0 Å². The second-order valence-electron chi connectivity index (χ2n) is 3.39. The van der Waals surface area contributed by atoms with Crippen LogP contribution in [0.3, 0.4) is 0 Å². The Morgan fingerprint density at radius 1 is 1.29 bits per heavy atom. The van der Waals surface area contributed by atoms with Crippen LogP contribution < -0.4 is 0 Å². The fourth-order valence-electron chi connectivity index (χ4n) is 1.47. The zero-order valence-corrected chi connectivity index (χ0v) is 10.2. The largest absolute Gasteiger partial charge is 1.00 e. The number of aliphatic hydroxyl groups is 5. The third kappa shape index (κ3) is 2.52. The topological polar surface area (TPSA) is 101 Å². The molecule has 0 aromatic rings. The first-order chi connectivity index (χ1) is 5.91. The minimum atomic E-state index is -2.44. The minimum Gasteiger partial charge on any atom is -0.784 e. The summed E-state index contributed by atoms with van der Waals surface area (Å²) >= 11 is 4.72. The van der Waals surface area contributed by atoms with E-state index in [1.54, 1.807) is 0 Å². The number of rotatable bonds is 1. The molecule has 1 aliphatic rings. The fourth-order valence-corrected chi connectivity index (χ4v) is 1.86. The molecule has 0 saturated heterocycles. The van der Waals surface area contributed by atoms with Crippen LogP contribution in [0.4, 0.5) is 0 Å². The van der Waals surface area contributed by atoms with Crippen molar-refractivity contribution in [3.8, 4) is 0 Å². The maximum absolute atomic E-state index is 9.31. The SMILES string of the molecule is OCC1C[C@@H]([S-])C(O)(O)[C@@H](O)[C@@H]1O.[Au+]. The van der Waals surface area contributed by atoms with Gasteiger partial charge in [-0.2, -0.15) is 0 Å². The molecule has 0 aromatic heterocycles. The summed E-state index contributed by atoms with van der Waals surface area (Å²) in [5, 5.41) is 44.9. The first-order valence-electron chi connectivity index (χ1n) is 3.98. The van der Waals surface area contributed by atoms with Gasteiger partial charge in [-0.1, -0.05) is 6.42 Å². The van der Waals surface area contributed by atoms with Crippen LogP contribution in [-0.4, -0.2) is 55.4 Å². The molecule has 1 rings (SSSR count). The van der Waals surface area contributed by atoms with E-state index in [2.05, 4.69) is 0 Å². The van der Waals surface area contributed by atoms with Gasteiger partial charge < -0.3 is 38.2 Å². The molecule has 0 aromatic carbocycles. The van der Waals surface area contributed by atoms with Crippen molar-refractivity contribution in [3.05, 3.63) is 0 Å². The maximum atomic E-state index is 9.31. The molecule has 0 heterocycles. The molecule has 0 amide bonds.